The molecule has 2 aromatic rings. The van der Waals surface area contributed by atoms with E-state index in [2.05, 4.69) is 10.3 Å². The molecule has 23 heavy (non-hydrogen) atoms. The van der Waals surface area contributed by atoms with Crippen molar-refractivity contribution in [1.29, 1.82) is 0 Å². The monoisotopic (exact) mass is 335 g/mol. The number of rotatable bonds is 5. The number of benzene rings is 1. The van der Waals surface area contributed by atoms with Gasteiger partial charge in [0.15, 0.2) is 5.16 Å². The standard InChI is InChI=1S/C15H14FN3O3S/c1-23-15-18-13-11(8-12(20)17-13)14(21)19(15)9-2-4-10(5-3-9)22-7-6-16/h2-5H,6-8H2,1H3,(H,17,20). The smallest absolute Gasteiger partial charge is 0.264 e. The number of nitrogens with zero attached hydrogens (tertiary/aromatic N) is 2. The molecule has 0 spiro atoms. The van der Waals surface area contributed by atoms with E-state index in [1.165, 1.54) is 16.3 Å². The number of anilines is 1. The largest absolute Gasteiger partial charge is 0.491 e. The van der Waals surface area contributed by atoms with Gasteiger partial charge in [0.05, 0.1) is 17.7 Å². The third-order valence-corrected chi connectivity index (χ3v) is 4.00. The fourth-order valence-corrected chi connectivity index (χ4v) is 2.90. The molecule has 0 saturated heterocycles. The van der Waals surface area contributed by atoms with Gasteiger partial charge >= 0.3 is 0 Å². The normalized spacial score (nSPS) is 12.9. The molecule has 0 bridgehead atoms. The molecule has 0 atom stereocenters. The van der Waals surface area contributed by atoms with Crippen LogP contribution < -0.4 is 15.6 Å². The first-order valence-electron chi connectivity index (χ1n) is 6.93. The summed E-state index contributed by atoms with van der Waals surface area (Å²) in [5.74, 6) is 0.629. The highest BCUT2D eigenvalue weighted by molar-refractivity contribution is 7.98. The Kier molecular flexibility index (Phi) is 4.33. The SMILES string of the molecule is CSc1nc2c(c(=O)n1-c1ccc(OCCF)cc1)CC(=O)N2. The minimum absolute atomic E-state index is 0.0104. The van der Waals surface area contributed by atoms with Crippen LogP contribution in [-0.4, -0.2) is 35.0 Å². The second kappa shape index (κ2) is 6.41. The van der Waals surface area contributed by atoms with Gasteiger partial charge in [-0.2, -0.15) is 0 Å². The molecule has 3 rings (SSSR count). The van der Waals surface area contributed by atoms with E-state index in [0.717, 1.165) is 0 Å². The van der Waals surface area contributed by atoms with Crippen LogP contribution >= 0.6 is 11.8 Å². The summed E-state index contributed by atoms with van der Waals surface area (Å²) in [5.41, 5.74) is 0.710. The van der Waals surface area contributed by atoms with Crippen molar-refractivity contribution in [1.82, 2.24) is 9.55 Å². The quantitative estimate of drug-likeness (QED) is 0.666. The van der Waals surface area contributed by atoms with E-state index in [-0.39, 0.29) is 24.5 Å². The molecule has 8 heteroatoms. The summed E-state index contributed by atoms with van der Waals surface area (Å²) in [6.45, 7) is -0.572. The van der Waals surface area contributed by atoms with E-state index in [1.54, 1.807) is 30.5 Å². The molecule has 2 heterocycles. The second-order valence-corrected chi connectivity index (χ2v) is 5.60. The van der Waals surface area contributed by atoms with E-state index in [4.69, 9.17) is 4.74 Å². The Morgan fingerprint density at radius 1 is 1.35 bits per heavy atom. The maximum atomic E-state index is 12.7. The lowest BCUT2D eigenvalue weighted by Gasteiger charge is -2.13. The van der Waals surface area contributed by atoms with Crippen LogP contribution in [0.15, 0.2) is 34.2 Å². The summed E-state index contributed by atoms with van der Waals surface area (Å²) in [5, 5.41) is 3.07. The van der Waals surface area contributed by atoms with Gasteiger partial charge < -0.3 is 10.1 Å². The summed E-state index contributed by atoms with van der Waals surface area (Å²) in [4.78, 5) is 28.5. The molecule has 0 unspecified atom stereocenters. The molecule has 1 aliphatic rings. The Morgan fingerprint density at radius 2 is 2.09 bits per heavy atom. The lowest BCUT2D eigenvalue weighted by molar-refractivity contribution is -0.115. The average Bonchev–Trinajstić information content (AvgIpc) is 2.94. The first-order valence-corrected chi connectivity index (χ1v) is 8.15. The van der Waals surface area contributed by atoms with Crippen LogP contribution in [0.5, 0.6) is 5.75 Å². The number of halogens is 1. The van der Waals surface area contributed by atoms with Crippen molar-refractivity contribution in [3.63, 3.8) is 0 Å². The highest BCUT2D eigenvalue weighted by atomic mass is 32.2. The van der Waals surface area contributed by atoms with Crippen LogP contribution in [0.3, 0.4) is 0 Å². The summed E-state index contributed by atoms with van der Waals surface area (Å²) >= 11 is 1.31. The van der Waals surface area contributed by atoms with E-state index >= 15 is 0 Å². The molecule has 120 valence electrons. The van der Waals surface area contributed by atoms with Gasteiger partial charge in [0, 0.05) is 0 Å². The van der Waals surface area contributed by atoms with Crippen molar-refractivity contribution in [2.24, 2.45) is 0 Å². The molecule has 0 saturated carbocycles. The second-order valence-electron chi connectivity index (χ2n) is 4.82. The van der Waals surface area contributed by atoms with E-state index in [9.17, 15) is 14.0 Å². The summed E-state index contributed by atoms with van der Waals surface area (Å²) in [7, 11) is 0. The van der Waals surface area contributed by atoms with Crippen LogP contribution in [0.25, 0.3) is 5.69 Å². The molecule has 1 aromatic carbocycles. The lowest BCUT2D eigenvalue weighted by Crippen LogP contribution is -2.24. The van der Waals surface area contributed by atoms with Crippen molar-refractivity contribution in [3.05, 3.63) is 40.2 Å². The van der Waals surface area contributed by atoms with Crippen molar-refractivity contribution in [2.75, 3.05) is 24.9 Å². The number of ether oxygens (including phenoxy) is 1. The molecule has 0 fully saturated rings. The van der Waals surface area contributed by atoms with Crippen LogP contribution in [0.2, 0.25) is 0 Å². The van der Waals surface area contributed by atoms with Crippen LogP contribution in [0.1, 0.15) is 5.56 Å². The number of hydrogen-bond acceptors (Lipinski definition) is 5. The first-order chi connectivity index (χ1) is 11.1. The number of alkyl halides is 1. The van der Waals surface area contributed by atoms with Crippen molar-refractivity contribution >= 4 is 23.5 Å². The Morgan fingerprint density at radius 3 is 2.74 bits per heavy atom. The molecule has 1 N–H and O–H groups in total. The zero-order chi connectivity index (χ0) is 16.4. The average molecular weight is 335 g/mol. The van der Waals surface area contributed by atoms with Gasteiger partial charge in [-0.3, -0.25) is 14.2 Å². The zero-order valence-electron chi connectivity index (χ0n) is 12.3. The van der Waals surface area contributed by atoms with Crippen molar-refractivity contribution in [2.45, 2.75) is 11.6 Å². The Bertz CT molecular complexity index is 805. The van der Waals surface area contributed by atoms with Crippen LogP contribution in [-0.2, 0) is 11.2 Å². The highest BCUT2D eigenvalue weighted by Gasteiger charge is 2.25. The molecule has 6 nitrogen and oxygen atoms in total. The van der Waals surface area contributed by atoms with Crippen molar-refractivity contribution < 1.29 is 13.9 Å². The topological polar surface area (TPSA) is 73.2 Å². The summed E-state index contributed by atoms with van der Waals surface area (Å²) in [6.07, 6.45) is 1.84. The number of thioether (sulfide) groups is 1. The number of amides is 1. The summed E-state index contributed by atoms with van der Waals surface area (Å²) in [6, 6.07) is 6.73. The predicted molar refractivity (Wildman–Crippen MR) is 85.4 cm³/mol. The maximum absolute atomic E-state index is 12.7. The number of carbonyl (C=O) groups is 1. The number of hydrogen-bond donors (Lipinski definition) is 1. The van der Waals surface area contributed by atoms with E-state index in [0.29, 0.717) is 28.0 Å². The number of aromatic nitrogens is 2. The van der Waals surface area contributed by atoms with Crippen LogP contribution in [0, 0.1) is 0 Å². The van der Waals surface area contributed by atoms with Gasteiger partial charge in [-0.1, -0.05) is 11.8 Å². The fraction of sp³-hybridized carbons (Fsp3) is 0.267. The number of carbonyl (C=O) groups excluding carboxylic acids is 1. The van der Waals surface area contributed by atoms with Gasteiger partial charge in [0.2, 0.25) is 5.91 Å². The summed E-state index contributed by atoms with van der Waals surface area (Å²) < 4.78 is 18.8. The fourth-order valence-electron chi connectivity index (χ4n) is 2.35. The number of fused-ring (bicyclic) bond motifs is 1. The number of nitrogens with one attached hydrogen (secondary N) is 1. The predicted octanol–water partition coefficient (Wildman–Crippen LogP) is 1.80. The minimum Gasteiger partial charge on any atom is -0.491 e. The Labute approximate surface area is 135 Å². The first kappa shape index (κ1) is 15.5. The molecule has 0 radical (unpaired) electrons. The third kappa shape index (κ3) is 2.94. The molecule has 0 aliphatic carbocycles. The molecule has 1 aromatic heterocycles. The van der Waals surface area contributed by atoms with E-state index < -0.39 is 6.67 Å². The Balaban J connectivity index is 2.04. The highest BCUT2D eigenvalue weighted by Crippen LogP contribution is 2.24. The molecular formula is C15H14FN3O3S. The lowest BCUT2D eigenvalue weighted by atomic mass is 10.2. The van der Waals surface area contributed by atoms with Gasteiger partial charge in [-0.15, -0.1) is 0 Å². The van der Waals surface area contributed by atoms with Crippen LogP contribution in [0.4, 0.5) is 10.2 Å². The Hall–Kier alpha value is -2.35. The zero-order valence-corrected chi connectivity index (χ0v) is 13.2. The minimum atomic E-state index is -0.562. The third-order valence-electron chi connectivity index (χ3n) is 3.36. The molecule has 1 amide bonds. The van der Waals surface area contributed by atoms with Gasteiger partial charge in [-0.25, -0.2) is 9.37 Å². The van der Waals surface area contributed by atoms with Gasteiger partial charge in [0.1, 0.15) is 24.8 Å². The van der Waals surface area contributed by atoms with Crippen molar-refractivity contribution in [3.8, 4) is 11.4 Å². The van der Waals surface area contributed by atoms with E-state index in [1.807, 2.05) is 0 Å². The van der Waals surface area contributed by atoms with Gasteiger partial charge in [-0.05, 0) is 30.5 Å². The van der Waals surface area contributed by atoms with Gasteiger partial charge in [0.25, 0.3) is 5.56 Å². The molecular weight excluding hydrogens is 321 g/mol. The molecule has 1 aliphatic heterocycles. The maximum Gasteiger partial charge on any atom is 0.264 e.